The molecule has 1 rings (SSSR count). The first-order valence-electron chi connectivity index (χ1n) is 5.67. The van der Waals surface area contributed by atoms with Crippen molar-refractivity contribution in [3.63, 3.8) is 0 Å². The minimum absolute atomic E-state index is 0.0205. The molecule has 22 heavy (non-hydrogen) atoms. The summed E-state index contributed by atoms with van der Waals surface area (Å²) in [5, 5.41) is 32.5. The molecule has 0 bridgehead atoms. The summed E-state index contributed by atoms with van der Waals surface area (Å²) in [6, 6.07) is 1.01. The van der Waals surface area contributed by atoms with Gasteiger partial charge in [-0.15, -0.1) is 0 Å². The maximum atomic E-state index is 11.2. The lowest BCUT2D eigenvalue weighted by Gasteiger charge is -2.07. The summed E-state index contributed by atoms with van der Waals surface area (Å²) >= 11 is 0. The van der Waals surface area contributed by atoms with Crippen molar-refractivity contribution < 1.29 is 29.0 Å². The third kappa shape index (κ3) is 3.84. The number of hydrogen-bond acceptors (Lipinski definition) is 9. The fourth-order valence-corrected chi connectivity index (χ4v) is 1.44. The van der Waals surface area contributed by atoms with Crippen LogP contribution in [0.5, 0.6) is 5.75 Å². The average molecular weight is 315 g/mol. The summed E-state index contributed by atoms with van der Waals surface area (Å²) in [4.78, 5) is 40.4. The van der Waals surface area contributed by atoms with Gasteiger partial charge >= 0.3 is 17.3 Å². The van der Waals surface area contributed by atoms with Gasteiger partial charge in [0, 0.05) is 0 Å². The monoisotopic (exact) mass is 315 g/mol. The minimum atomic E-state index is -1.08. The third-order valence-corrected chi connectivity index (χ3v) is 2.28. The number of ether oxygens (including phenoxy) is 2. The Labute approximate surface area is 121 Å². The first-order chi connectivity index (χ1) is 10.3. The van der Waals surface area contributed by atoms with E-state index in [0.717, 1.165) is 0 Å². The van der Waals surface area contributed by atoms with Gasteiger partial charge in [-0.05, 0) is 6.92 Å². The highest BCUT2D eigenvalue weighted by Gasteiger charge is 2.32. The number of benzene rings is 1. The Morgan fingerprint density at radius 1 is 1.05 bits per heavy atom. The van der Waals surface area contributed by atoms with Crippen molar-refractivity contribution in [2.24, 2.45) is 0 Å². The van der Waals surface area contributed by atoms with Gasteiger partial charge in [0.2, 0.25) is 0 Å². The van der Waals surface area contributed by atoms with E-state index in [2.05, 4.69) is 4.74 Å². The fourth-order valence-electron chi connectivity index (χ4n) is 1.44. The van der Waals surface area contributed by atoms with E-state index in [1.54, 1.807) is 0 Å². The molecule has 0 aromatic heterocycles. The van der Waals surface area contributed by atoms with Gasteiger partial charge in [0.25, 0.3) is 11.4 Å². The van der Waals surface area contributed by atoms with Crippen molar-refractivity contribution in [3.8, 4) is 5.75 Å². The molecule has 1 aromatic carbocycles. The van der Waals surface area contributed by atoms with Crippen LogP contribution < -0.4 is 4.74 Å². The van der Waals surface area contributed by atoms with E-state index in [4.69, 9.17) is 4.74 Å². The van der Waals surface area contributed by atoms with Gasteiger partial charge in [0.05, 0.1) is 33.5 Å². The Morgan fingerprint density at radius 3 is 1.91 bits per heavy atom. The molecule has 0 N–H and O–H groups in total. The van der Waals surface area contributed by atoms with Crippen LogP contribution in [0.4, 0.5) is 17.1 Å². The molecule has 0 aliphatic rings. The van der Waals surface area contributed by atoms with E-state index in [0.29, 0.717) is 12.1 Å². The topological polar surface area (TPSA) is 165 Å². The minimum Gasteiger partial charge on any atom is -0.470 e. The van der Waals surface area contributed by atoms with Crippen LogP contribution in [0.2, 0.25) is 0 Å². The first-order valence-corrected chi connectivity index (χ1v) is 5.67. The molecule has 0 unspecified atom stereocenters. The predicted octanol–water partition coefficient (Wildman–Crippen LogP) is 1.35. The molecule has 0 saturated carbocycles. The quantitative estimate of drug-likeness (QED) is 0.410. The van der Waals surface area contributed by atoms with Crippen LogP contribution in [0.3, 0.4) is 0 Å². The van der Waals surface area contributed by atoms with Crippen LogP contribution in [0.1, 0.15) is 6.92 Å². The summed E-state index contributed by atoms with van der Waals surface area (Å²) in [6.07, 6.45) is 0. The van der Waals surface area contributed by atoms with Gasteiger partial charge in [0.1, 0.15) is 0 Å². The maximum Gasteiger partial charge on any atom is 0.344 e. The second kappa shape index (κ2) is 6.92. The molecule has 0 amide bonds. The number of nitro benzene ring substituents is 3. The lowest BCUT2D eigenvalue weighted by atomic mass is 10.2. The molecule has 0 heterocycles. The molecule has 0 saturated heterocycles. The van der Waals surface area contributed by atoms with Crippen LogP contribution in [-0.4, -0.2) is 34.0 Å². The number of non-ortho nitro benzene ring substituents is 1. The van der Waals surface area contributed by atoms with Crippen molar-refractivity contribution in [2.75, 3.05) is 13.2 Å². The normalized spacial score (nSPS) is 9.86. The Balaban J connectivity index is 3.32. The van der Waals surface area contributed by atoms with Crippen LogP contribution in [0.15, 0.2) is 12.1 Å². The molecule has 12 heteroatoms. The van der Waals surface area contributed by atoms with Crippen molar-refractivity contribution >= 4 is 23.0 Å². The highest BCUT2D eigenvalue weighted by atomic mass is 16.6. The van der Waals surface area contributed by atoms with Crippen LogP contribution in [-0.2, 0) is 9.53 Å². The molecular formula is C10H9N3O9. The van der Waals surface area contributed by atoms with E-state index >= 15 is 0 Å². The molecule has 0 radical (unpaired) electrons. The fraction of sp³-hybridized carbons (Fsp3) is 0.300. The molecule has 0 fully saturated rings. The molecule has 12 nitrogen and oxygen atoms in total. The second-order valence-corrected chi connectivity index (χ2v) is 3.68. The zero-order valence-corrected chi connectivity index (χ0v) is 11.1. The molecule has 0 aliphatic heterocycles. The zero-order chi connectivity index (χ0) is 16.9. The number of hydrogen-bond donors (Lipinski definition) is 0. The SMILES string of the molecule is CCOC(=O)COc1c([N+](=O)[O-])cc([N+](=O)[O-])cc1[N+](=O)[O-]. The molecule has 1 aromatic rings. The van der Waals surface area contributed by atoms with Crippen molar-refractivity contribution in [3.05, 3.63) is 42.5 Å². The van der Waals surface area contributed by atoms with Gasteiger partial charge in [-0.1, -0.05) is 0 Å². The number of nitro groups is 3. The molecule has 118 valence electrons. The van der Waals surface area contributed by atoms with Gasteiger partial charge in [-0.25, -0.2) is 4.79 Å². The Hall–Kier alpha value is -3.31. The summed E-state index contributed by atoms with van der Waals surface area (Å²) in [5.74, 6) is -1.75. The lowest BCUT2D eigenvalue weighted by molar-refractivity contribution is -0.404. The summed E-state index contributed by atoms with van der Waals surface area (Å²) in [7, 11) is 0. The van der Waals surface area contributed by atoms with E-state index < -0.39 is 50.2 Å². The van der Waals surface area contributed by atoms with E-state index in [1.807, 2.05) is 0 Å². The maximum absolute atomic E-state index is 11.2. The smallest absolute Gasteiger partial charge is 0.344 e. The van der Waals surface area contributed by atoms with Gasteiger partial charge in [-0.3, -0.25) is 30.3 Å². The Kier molecular flexibility index (Phi) is 5.26. The standard InChI is InChI=1S/C10H9N3O9/c1-2-21-9(14)5-22-10-7(12(17)18)3-6(11(15)16)4-8(10)13(19)20/h3-4H,2,5H2,1H3. The summed E-state index contributed by atoms with van der Waals surface area (Å²) in [5.41, 5.74) is -2.84. The summed E-state index contributed by atoms with van der Waals surface area (Å²) in [6.45, 7) is 0.717. The number of carbonyl (C=O) groups is 1. The molecule has 0 atom stereocenters. The van der Waals surface area contributed by atoms with Crippen LogP contribution in [0.25, 0.3) is 0 Å². The molecule has 0 spiro atoms. The molecular weight excluding hydrogens is 306 g/mol. The van der Waals surface area contributed by atoms with Crippen molar-refractivity contribution in [1.29, 1.82) is 0 Å². The highest BCUT2D eigenvalue weighted by molar-refractivity contribution is 5.72. The van der Waals surface area contributed by atoms with Crippen LogP contribution in [0, 0.1) is 30.3 Å². The Bertz CT molecular complexity index is 608. The molecule has 0 aliphatic carbocycles. The summed E-state index contributed by atoms with van der Waals surface area (Å²) < 4.78 is 9.27. The third-order valence-electron chi connectivity index (χ3n) is 2.28. The van der Waals surface area contributed by atoms with E-state index in [1.165, 1.54) is 6.92 Å². The lowest BCUT2D eigenvalue weighted by Crippen LogP contribution is -2.16. The van der Waals surface area contributed by atoms with Crippen molar-refractivity contribution in [2.45, 2.75) is 6.92 Å². The van der Waals surface area contributed by atoms with Gasteiger partial charge in [-0.2, -0.15) is 0 Å². The number of rotatable bonds is 7. The largest absolute Gasteiger partial charge is 0.470 e. The Morgan fingerprint density at radius 2 is 1.55 bits per heavy atom. The van der Waals surface area contributed by atoms with Crippen molar-refractivity contribution in [1.82, 2.24) is 0 Å². The second-order valence-electron chi connectivity index (χ2n) is 3.68. The van der Waals surface area contributed by atoms with Crippen LogP contribution >= 0.6 is 0 Å². The number of carbonyl (C=O) groups excluding carboxylic acids is 1. The predicted molar refractivity (Wildman–Crippen MR) is 68.5 cm³/mol. The first kappa shape index (κ1) is 16.7. The number of esters is 1. The van der Waals surface area contributed by atoms with Gasteiger partial charge in [0.15, 0.2) is 6.61 Å². The average Bonchev–Trinajstić information content (AvgIpc) is 2.44. The van der Waals surface area contributed by atoms with E-state index in [-0.39, 0.29) is 6.61 Å². The zero-order valence-electron chi connectivity index (χ0n) is 11.1. The van der Waals surface area contributed by atoms with Gasteiger partial charge < -0.3 is 9.47 Å². The number of nitrogens with zero attached hydrogens (tertiary/aromatic N) is 3. The van der Waals surface area contributed by atoms with E-state index in [9.17, 15) is 35.1 Å². The highest BCUT2D eigenvalue weighted by Crippen LogP contribution is 2.40.